The minimum Gasteiger partial charge on any atom is -0.337 e. The molecular formula is C16H18N4O2S. The molecule has 0 saturated carbocycles. The van der Waals surface area contributed by atoms with E-state index in [4.69, 9.17) is 0 Å². The lowest BCUT2D eigenvalue weighted by molar-refractivity contribution is 0.585. The molecule has 4 rings (SSSR count). The van der Waals surface area contributed by atoms with Crippen LogP contribution in [0, 0.1) is 6.92 Å². The van der Waals surface area contributed by atoms with Crippen molar-refractivity contribution in [3.63, 3.8) is 0 Å². The lowest BCUT2D eigenvalue weighted by Crippen LogP contribution is -2.15. The SMILES string of the molecule is Cc1nc(S(=O)(=O)n2cc3c4c(cccc42)CNCC3)cn1C. The van der Waals surface area contributed by atoms with Crippen LogP contribution < -0.4 is 5.32 Å². The fraction of sp³-hybridized carbons (Fsp3) is 0.312. The normalized spacial score (nSPS) is 15.0. The van der Waals surface area contributed by atoms with Crippen molar-refractivity contribution in [2.45, 2.75) is 24.9 Å². The van der Waals surface area contributed by atoms with E-state index in [1.165, 1.54) is 3.97 Å². The third kappa shape index (κ3) is 2.11. The minimum atomic E-state index is -3.69. The summed E-state index contributed by atoms with van der Waals surface area (Å²) in [6.07, 6.45) is 4.13. The van der Waals surface area contributed by atoms with Gasteiger partial charge in [-0.25, -0.2) is 8.96 Å². The summed E-state index contributed by atoms with van der Waals surface area (Å²) in [5.74, 6) is 0.672. The summed E-state index contributed by atoms with van der Waals surface area (Å²) in [7, 11) is -1.90. The van der Waals surface area contributed by atoms with Gasteiger partial charge in [-0.2, -0.15) is 8.42 Å². The van der Waals surface area contributed by atoms with Crippen LogP contribution in [0.4, 0.5) is 0 Å². The van der Waals surface area contributed by atoms with Crippen molar-refractivity contribution < 1.29 is 8.42 Å². The van der Waals surface area contributed by atoms with Gasteiger partial charge in [0.25, 0.3) is 10.0 Å². The summed E-state index contributed by atoms with van der Waals surface area (Å²) in [5.41, 5.74) is 2.93. The molecule has 3 heterocycles. The van der Waals surface area contributed by atoms with Gasteiger partial charge < -0.3 is 9.88 Å². The Labute approximate surface area is 134 Å². The molecule has 3 aromatic rings. The average molecular weight is 330 g/mol. The second kappa shape index (κ2) is 4.94. The Hall–Kier alpha value is -2.12. The van der Waals surface area contributed by atoms with E-state index in [2.05, 4.69) is 10.3 Å². The van der Waals surface area contributed by atoms with Crippen LogP contribution >= 0.6 is 0 Å². The first kappa shape index (κ1) is 14.5. The van der Waals surface area contributed by atoms with Crippen LogP contribution in [0.15, 0.2) is 35.6 Å². The molecule has 0 spiro atoms. The van der Waals surface area contributed by atoms with Crippen molar-refractivity contribution in [3.8, 4) is 0 Å². The zero-order valence-corrected chi connectivity index (χ0v) is 13.9. The van der Waals surface area contributed by atoms with Gasteiger partial charge in [-0.05, 0) is 37.1 Å². The first-order valence-electron chi connectivity index (χ1n) is 7.56. The molecule has 0 amide bonds. The standard InChI is InChI=1S/C16H18N4O2S/c1-11-18-15(10-19(11)2)23(21,22)20-9-13-6-7-17-8-12-4-3-5-14(20)16(12)13/h3-5,9-10,17H,6-8H2,1-2H3. The minimum absolute atomic E-state index is 0.0848. The van der Waals surface area contributed by atoms with Crippen molar-refractivity contribution in [2.75, 3.05) is 6.54 Å². The van der Waals surface area contributed by atoms with Gasteiger partial charge in [0.15, 0.2) is 5.03 Å². The average Bonchev–Trinajstić information content (AvgIpc) is 2.98. The molecule has 0 saturated heterocycles. The summed E-state index contributed by atoms with van der Waals surface area (Å²) in [5, 5.41) is 4.50. The van der Waals surface area contributed by atoms with Gasteiger partial charge in [0.1, 0.15) is 5.82 Å². The van der Waals surface area contributed by atoms with E-state index in [1.807, 2.05) is 18.2 Å². The number of aryl methyl sites for hydroxylation is 2. The van der Waals surface area contributed by atoms with Crippen LogP contribution in [0.1, 0.15) is 17.0 Å². The maximum Gasteiger partial charge on any atom is 0.287 e. The second-order valence-corrected chi connectivity index (χ2v) is 7.69. The van der Waals surface area contributed by atoms with Crippen LogP contribution in [0.3, 0.4) is 0 Å². The van der Waals surface area contributed by atoms with Crippen LogP contribution in [-0.2, 0) is 30.0 Å². The lowest BCUT2D eigenvalue weighted by atomic mass is 10.1. The van der Waals surface area contributed by atoms with Crippen LogP contribution in [0.25, 0.3) is 10.9 Å². The number of rotatable bonds is 2. The summed E-state index contributed by atoms with van der Waals surface area (Å²) in [6.45, 7) is 3.40. The molecule has 0 fully saturated rings. The molecule has 1 aliphatic rings. The lowest BCUT2D eigenvalue weighted by Gasteiger charge is -2.07. The Balaban J connectivity index is 1.99. The highest BCUT2D eigenvalue weighted by atomic mass is 32.2. The fourth-order valence-corrected chi connectivity index (χ4v) is 4.57. The van der Waals surface area contributed by atoms with E-state index in [0.717, 1.165) is 41.5 Å². The highest BCUT2D eigenvalue weighted by Gasteiger charge is 2.25. The molecular weight excluding hydrogens is 312 g/mol. The molecule has 6 nitrogen and oxygen atoms in total. The topological polar surface area (TPSA) is 68.9 Å². The molecule has 0 aliphatic carbocycles. The summed E-state index contributed by atoms with van der Waals surface area (Å²) < 4.78 is 29.2. The van der Waals surface area contributed by atoms with Crippen LogP contribution in [0.5, 0.6) is 0 Å². The summed E-state index contributed by atoms with van der Waals surface area (Å²) in [6, 6.07) is 5.82. The number of aromatic nitrogens is 3. The molecule has 0 unspecified atom stereocenters. The summed E-state index contributed by atoms with van der Waals surface area (Å²) in [4.78, 5) is 4.20. The van der Waals surface area contributed by atoms with E-state index in [1.54, 1.807) is 30.9 Å². The van der Waals surface area contributed by atoms with Crippen molar-refractivity contribution in [3.05, 3.63) is 47.5 Å². The van der Waals surface area contributed by atoms with Crippen LogP contribution in [-0.4, -0.2) is 28.5 Å². The van der Waals surface area contributed by atoms with Gasteiger partial charge in [-0.3, -0.25) is 0 Å². The highest BCUT2D eigenvalue weighted by Crippen LogP contribution is 2.30. The maximum atomic E-state index is 13.0. The Morgan fingerprint density at radius 2 is 2.04 bits per heavy atom. The number of nitrogens with one attached hydrogen (secondary N) is 1. The third-order valence-electron chi connectivity index (χ3n) is 4.46. The Morgan fingerprint density at radius 3 is 2.78 bits per heavy atom. The number of benzene rings is 1. The Kier molecular flexibility index (Phi) is 3.11. The quantitative estimate of drug-likeness (QED) is 0.774. The predicted molar refractivity (Wildman–Crippen MR) is 87.9 cm³/mol. The van der Waals surface area contributed by atoms with Crippen molar-refractivity contribution >= 4 is 20.9 Å². The van der Waals surface area contributed by atoms with Crippen molar-refractivity contribution in [1.29, 1.82) is 0 Å². The Morgan fingerprint density at radius 1 is 1.22 bits per heavy atom. The Bertz CT molecular complexity index is 995. The van der Waals surface area contributed by atoms with E-state index in [0.29, 0.717) is 5.82 Å². The van der Waals surface area contributed by atoms with E-state index in [9.17, 15) is 8.42 Å². The van der Waals surface area contributed by atoms with E-state index >= 15 is 0 Å². The number of hydrogen-bond donors (Lipinski definition) is 1. The first-order chi connectivity index (χ1) is 11.0. The molecule has 2 aromatic heterocycles. The fourth-order valence-electron chi connectivity index (χ4n) is 3.15. The molecule has 0 bridgehead atoms. The summed E-state index contributed by atoms with van der Waals surface area (Å²) >= 11 is 0. The number of imidazole rings is 1. The van der Waals surface area contributed by atoms with E-state index < -0.39 is 10.0 Å². The molecule has 120 valence electrons. The maximum absolute atomic E-state index is 13.0. The number of hydrogen-bond acceptors (Lipinski definition) is 4. The zero-order chi connectivity index (χ0) is 16.2. The van der Waals surface area contributed by atoms with Gasteiger partial charge in [0.2, 0.25) is 0 Å². The molecule has 0 radical (unpaired) electrons. The molecule has 1 N–H and O–H groups in total. The molecule has 1 aliphatic heterocycles. The van der Waals surface area contributed by atoms with Gasteiger partial charge >= 0.3 is 0 Å². The van der Waals surface area contributed by atoms with E-state index in [-0.39, 0.29) is 5.03 Å². The molecule has 1 aromatic carbocycles. The molecule has 0 atom stereocenters. The smallest absolute Gasteiger partial charge is 0.287 e. The zero-order valence-electron chi connectivity index (χ0n) is 13.1. The predicted octanol–water partition coefficient (Wildman–Crippen LogP) is 1.57. The third-order valence-corrected chi connectivity index (χ3v) is 6.00. The van der Waals surface area contributed by atoms with Crippen molar-refractivity contribution in [1.82, 2.24) is 18.8 Å². The second-order valence-electron chi connectivity index (χ2n) is 5.93. The highest BCUT2D eigenvalue weighted by molar-refractivity contribution is 7.90. The van der Waals surface area contributed by atoms with Gasteiger partial charge in [0.05, 0.1) is 5.52 Å². The van der Waals surface area contributed by atoms with Crippen molar-refractivity contribution in [2.24, 2.45) is 7.05 Å². The largest absolute Gasteiger partial charge is 0.337 e. The van der Waals surface area contributed by atoms with Gasteiger partial charge in [-0.1, -0.05) is 12.1 Å². The van der Waals surface area contributed by atoms with Gasteiger partial charge in [-0.15, -0.1) is 0 Å². The number of nitrogens with zero attached hydrogens (tertiary/aromatic N) is 3. The molecule has 23 heavy (non-hydrogen) atoms. The van der Waals surface area contributed by atoms with Crippen LogP contribution in [0.2, 0.25) is 0 Å². The monoisotopic (exact) mass is 330 g/mol. The molecule has 7 heteroatoms. The van der Waals surface area contributed by atoms with Gasteiger partial charge in [0, 0.05) is 31.4 Å². The first-order valence-corrected chi connectivity index (χ1v) is 9.00.